The number of furan rings is 1. The van der Waals surface area contributed by atoms with Crippen LogP contribution in [0.4, 0.5) is 0 Å². The highest BCUT2D eigenvalue weighted by Gasteiger charge is 2.15. The number of ether oxygens (including phenoxy) is 2. The molecule has 27 heavy (non-hydrogen) atoms. The fraction of sp³-hybridized carbons (Fsp3) is 0.286. The van der Waals surface area contributed by atoms with Gasteiger partial charge in [0.15, 0.2) is 11.5 Å². The van der Waals surface area contributed by atoms with Gasteiger partial charge in [-0.1, -0.05) is 18.2 Å². The minimum atomic E-state index is -0.186. The van der Waals surface area contributed by atoms with Crippen LogP contribution in [-0.4, -0.2) is 24.9 Å². The molecule has 6 heteroatoms. The van der Waals surface area contributed by atoms with Crippen LogP contribution in [0, 0.1) is 0 Å². The molecule has 0 fully saturated rings. The third-order valence-electron chi connectivity index (χ3n) is 4.34. The first kappa shape index (κ1) is 17.8. The van der Waals surface area contributed by atoms with Crippen LogP contribution in [0.15, 0.2) is 57.8 Å². The number of thioether (sulfide) groups is 1. The van der Waals surface area contributed by atoms with E-state index in [1.807, 2.05) is 55.5 Å². The fourth-order valence-corrected chi connectivity index (χ4v) is 3.69. The lowest BCUT2D eigenvalue weighted by molar-refractivity contribution is -0.119. The number of carbonyl (C=O) groups is 1. The smallest absolute Gasteiger partial charge is 0.230 e. The Kier molecular flexibility index (Phi) is 5.25. The second-order valence-corrected chi connectivity index (χ2v) is 7.47. The summed E-state index contributed by atoms with van der Waals surface area (Å²) in [5, 5.41) is 4.03. The van der Waals surface area contributed by atoms with Crippen molar-refractivity contribution < 1.29 is 18.7 Å². The number of amides is 1. The zero-order valence-electron chi connectivity index (χ0n) is 15.1. The Balaban J connectivity index is 1.34. The molecule has 4 rings (SSSR count). The SMILES string of the molecule is CC(NC(=O)CSc1ccc2c(c1)OCCCO2)c1cc2ccccc2o1. The summed E-state index contributed by atoms with van der Waals surface area (Å²) in [5.41, 5.74) is 0.829. The molecule has 1 aromatic heterocycles. The molecule has 0 radical (unpaired) electrons. The second-order valence-electron chi connectivity index (χ2n) is 6.42. The van der Waals surface area contributed by atoms with Crippen LogP contribution in [0.25, 0.3) is 11.0 Å². The van der Waals surface area contributed by atoms with Gasteiger partial charge < -0.3 is 19.2 Å². The molecule has 1 aliphatic heterocycles. The number of hydrogen-bond acceptors (Lipinski definition) is 5. The first-order valence-electron chi connectivity index (χ1n) is 8.99. The standard InChI is InChI=1S/C21H21NO4S/c1-14(19-11-15-5-2-3-6-17(15)26-19)22-21(23)13-27-16-7-8-18-20(12-16)25-10-4-9-24-18/h2-3,5-8,11-12,14H,4,9-10,13H2,1H3,(H,22,23). The van der Waals surface area contributed by atoms with E-state index in [4.69, 9.17) is 13.9 Å². The molecule has 0 saturated carbocycles. The molecule has 1 unspecified atom stereocenters. The van der Waals surface area contributed by atoms with Crippen LogP contribution in [0.3, 0.4) is 0 Å². The van der Waals surface area contributed by atoms with Gasteiger partial charge in [0.2, 0.25) is 5.91 Å². The van der Waals surface area contributed by atoms with Crippen molar-refractivity contribution in [3.63, 3.8) is 0 Å². The van der Waals surface area contributed by atoms with Crippen molar-refractivity contribution in [3.05, 3.63) is 54.3 Å². The zero-order valence-corrected chi connectivity index (χ0v) is 15.9. The predicted molar refractivity (Wildman–Crippen MR) is 106 cm³/mol. The number of fused-ring (bicyclic) bond motifs is 2. The van der Waals surface area contributed by atoms with Crippen molar-refractivity contribution >= 4 is 28.6 Å². The van der Waals surface area contributed by atoms with Crippen LogP contribution in [-0.2, 0) is 4.79 Å². The number of rotatable bonds is 5. The van der Waals surface area contributed by atoms with Gasteiger partial charge in [0.05, 0.1) is 25.0 Å². The molecule has 1 atom stereocenters. The highest BCUT2D eigenvalue weighted by atomic mass is 32.2. The Hall–Kier alpha value is -2.60. The molecule has 1 aliphatic rings. The van der Waals surface area contributed by atoms with E-state index in [0.29, 0.717) is 19.0 Å². The van der Waals surface area contributed by atoms with Gasteiger partial charge in [-0.3, -0.25) is 4.79 Å². The summed E-state index contributed by atoms with van der Waals surface area (Å²) in [6.45, 7) is 3.24. The van der Waals surface area contributed by atoms with Gasteiger partial charge in [0, 0.05) is 16.7 Å². The molecule has 0 saturated heterocycles. The van der Waals surface area contributed by atoms with E-state index >= 15 is 0 Å². The van der Waals surface area contributed by atoms with Gasteiger partial charge in [-0.05, 0) is 37.3 Å². The average Bonchev–Trinajstić information content (AvgIpc) is 2.98. The molecular weight excluding hydrogens is 362 g/mol. The van der Waals surface area contributed by atoms with E-state index in [1.165, 1.54) is 11.8 Å². The number of nitrogens with one attached hydrogen (secondary N) is 1. The highest BCUT2D eigenvalue weighted by molar-refractivity contribution is 8.00. The van der Waals surface area contributed by atoms with Crippen LogP contribution in [0.1, 0.15) is 25.1 Å². The van der Waals surface area contributed by atoms with E-state index in [2.05, 4.69) is 5.32 Å². The molecule has 0 bridgehead atoms. The maximum atomic E-state index is 12.3. The van der Waals surface area contributed by atoms with Crippen molar-refractivity contribution in [2.24, 2.45) is 0 Å². The topological polar surface area (TPSA) is 60.7 Å². The fourth-order valence-electron chi connectivity index (χ4n) is 2.95. The molecule has 1 amide bonds. The van der Waals surface area contributed by atoms with Gasteiger partial charge in [0.25, 0.3) is 0 Å². The van der Waals surface area contributed by atoms with Gasteiger partial charge in [-0.15, -0.1) is 11.8 Å². The average molecular weight is 383 g/mol. The van der Waals surface area contributed by atoms with Gasteiger partial charge >= 0.3 is 0 Å². The molecule has 0 aliphatic carbocycles. The minimum absolute atomic E-state index is 0.0416. The summed E-state index contributed by atoms with van der Waals surface area (Å²) in [7, 11) is 0. The third kappa shape index (κ3) is 4.22. The van der Waals surface area contributed by atoms with E-state index in [1.54, 1.807) is 0 Å². The number of hydrogen-bond donors (Lipinski definition) is 1. The lowest BCUT2D eigenvalue weighted by atomic mass is 10.2. The van der Waals surface area contributed by atoms with Crippen LogP contribution >= 0.6 is 11.8 Å². The van der Waals surface area contributed by atoms with Crippen molar-refractivity contribution in [1.82, 2.24) is 5.32 Å². The summed E-state index contributed by atoms with van der Waals surface area (Å²) in [4.78, 5) is 13.3. The van der Waals surface area contributed by atoms with Crippen LogP contribution in [0.2, 0.25) is 0 Å². The molecular formula is C21H21NO4S. The summed E-state index contributed by atoms with van der Waals surface area (Å²) < 4.78 is 17.1. The van der Waals surface area contributed by atoms with Crippen molar-refractivity contribution in [3.8, 4) is 11.5 Å². The Morgan fingerprint density at radius 1 is 1.11 bits per heavy atom. The van der Waals surface area contributed by atoms with E-state index < -0.39 is 0 Å². The first-order valence-corrected chi connectivity index (χ1v) is 9.98. The molecule has 1 N–H and O–H groups in total. The lowest BCUT2D eigenvalue weighted by Crippen LogP contribution is -2.27. The quantitative estimate of drug-likeness (QED) is 0.654. The second kappa shape index (κ2) is 7.96. The Morgan fingerprint density at radius 2 is 1.93 bits per heavy atom. The zero-order chi connectivity index (χ0) is 18.6. The van der Waals surface area contributed by atoms with Crippen LogP contribution < -0.4 is 14.8 Å². The monoisotopic (exact) mass is 383 g/mol. The van der Waals surface area contributed by atoms with E-state index in [0.717, 1.165) is 39.5 Å². The summed E-state index contributed by atoms with van der Waals surface area (Å²) in [6.07, 6.45) is 0.874. The summed E-state index contributed by atoms with van der Waals surface area (Å²) >= 11 is 1.47. The molecule has 140 valence electrons. The van der Waals surface area contributed by atoms with E-state index in [9.17, 15) is 4.79 Å². The number of benzene rings is 2. The summed E-state index contributed by atoms with van der Waals surface area (Å²) in [6, 6.07) is 15.4. The third-order valence-corrected chi connectivity index (χ3v) is 5.33. The van der Waals surface area contributed by atoms with Gasteiger partial charge in [-0.25, -0.2) is 0 Å². The van der Waals surface area contributed by atoms with Gasteiger partial charge in [0.1, 0.15) is 11.3 Å². The maximum Gasteiger partial charge on any atom is 0.230 e. The number of carbonyl (C=O) groups excluding carboxylic acids is 1. The maximum absolute atomic E-state index is 12.3. The normalized spacial score (nSPS) is 14.6. The molecule has 0 spiro atoms. The van der Waals surface area contributed by atoms with Crippen LogP contribution in [0.5, 0.6) is 11.5 Å². The van der Waals surface area contributed by atoms with Crippen molar-refractivity contribution in [2.75, 3.05) is 19.0 Å². The van der Waals surface area contributed by atoms with Crippen molar-refractivity contribution in [1.29, 1.82) is 0 Å². The molecule has 3 aromatic rings. The lowest BCUT2D eigenvalue weighted by Gasteiger charge is -2.12. The highest BCUT2D eigenvalue weighted by Crippen LogP contribution is 2.34. The largest absolute Gasteiger partial charge is 0.490 e. The van der Waals surface area contributed by atoms with Gasteiger partial charge in [-0.2, -0.15) is 0 Å². The molecule has 2 aromatic carbocycles. The van der Waals surface area contributed by atoms with E-state index in [-0.39, 0.29) is 11.9 Å². The Bertz CT molecular complexity index is 919. The molecule has 2 heterocycles. The predicted octanol–water partition coefficient (Wildman–Crippen LogP) is 4.56. The molecule has 5 nitrogen and oxygen atoms in total. The first-order chi connectivity index (χ1) is 13.2. The minimum Gasteiger partial charge on any atom is -0.490 e. The number of para-hydroxylation sites is 1. The Labute approximate surface area is 162 Å². The van der Waals surface area contributed by atoms with Crippen molar-refractivity contribution in [2.45, 2.75) is 24.3 Å². The summed E-state index contributed by atoms with van der Waals surface area (Å²) in [5.74, 6) is 2.54. The Morgan fingerprint density at radius 3 is 2.78 bits per heavy atom.